The minimum atomic E-state index is -0.333. The number of aliphatic hydroxyl groups excluding tert-OH is 1. The van der Waals surface area contributed by atoms with Crippen LogP contribution in [0.15, 0.2) is 0 Å². The maximum Gasteiger partial charge on any atom is 0.0864 e. The number of aliphatic hydroxyl groups is 1. The van der Waals surface area contributed by atoms with Crippen molar-refractivity contribution in [2.24, 2.45) is 0 Å². The molecule has 0 bridgehead atoms. The van der Waals surface area contributed by atoms with E-state index in [4.69, 9.17) is 9.47 Å². The van der Waals surface area contributed by atoms with Crippen molar-refractivity contribution in [2.75, 3.05) is 25.6 Å². The van der Waals surface area contributed by atoms with Crippen LogP contribution in [-0.4, -0.2) is 48.1 Å². The molecule has 1 N–H and O–H groups in total. The second-order valence-corrected chi connectivity index (χ2v) is 5.51. The van der Waals surface area contributed by atoms with Gasteiger partial charge in [-0.05, 0) is 26.7 Å². The van der Waals surface area contributed by atoms with E-state index in [9.17, 15) is 5.11 Å². The highest BCUT2D eigenvalue weighted by Gasteiger charge is 2.16. The van der Waals surface area contributed by atoms with Gasteiger partial charge in [0.1, 0.15) is 0 Å². The highest BCUT2D eigenvalue weighted by atomic mass is 32.2. The van der Waals surface area contributed by atoms with Crippen molar-refractivity contribution >= 4 is 11.8 Å². The Balaban J connectivity index is 2.02. The first-order valence-corrected chi connectivity index (χ1v) is 6.72. The zero-order chi connectivity index (χ0) is 11.1. The molecule has 0 aromatic rings. The van der Waals surface area contributed by atoms with E-state index in [2.05, 4.69) is 0 Å². The number of hydrogen-bond acceptors (Lipinski definition) is 4. The van der Waals surface area contributed by atoms with Crippen molar-refractivity contribution in [2.45, 2.75) is 44.1 Å². The molecule has 0 aromatic heterocycles. The Labute approximate surface area is 96.5 Å². The predicted molar refractivity (Wildman–Crippen MR) is 63.4 cm³/mol. The zero-order valence-electron chi connectivity index (χ0n) is 9.65. The van der Waals surface area contributed by atoms with Gasteiger partial charge < -0.3 is 14.6 Å². The van der Waals surface area contributed by atoms with Gasteiger partial charge in [-0.25, -0.2) is 0 Å². The quantitative estimate of drug-likeness (QED) is 0.759. The molecule has 1 aliphatic rings. The van der Waals surface area contributed by atoms with Gasteiger partial charge in [0.15, 0.2) is 0 Å². The fourth-order valence-corrected chi connectivity index (χ4v) is 2.56. The molecule has 15 heavy (non-hydrogen) atoms. The Hall–Kier alpha value is 0.230. The van der Waals surface area contributed by atoms with E-state index >= 15 is 0 Å². The lowest BCUT2D eigenvalue weighted by atomic mass is 10.2. The second kappa shape index (κ2) is 7.49. The molecule has 4 heteroatoms. The largest absolute Gasteiger partial charge is 0.390 e. The molecule has 1 atom stereocenters. The van der Waals surface area contributed by atoms with Gasteiger partial charge >= 0.3 is 0 Å². The molecule has 0 aromatic carbocycles. The van der Waals surface area contributed by atoms with Crippen molar-refractivity contribution in [1.29, 1.82) is 0 Å². The summed E-state index contributed by atoms with van der Waals surface area (Å²) < 4.78 is 10.6. The maximum absolute atomic E-state index is 9.65. The van der Waals surface area contributed by atoms with Crippen molar-refractivity contribution in [3.63, 3.8) is 0 Å². The van der Waals surface area contributed by atoms with Crippen LogP contribution in [0.2, 0.25) is 0 Å². The molecule has 0 saturated carbocycles. The third kappa shape index (κ3) is 6.40. The Morgan fingerprint density at radius 1 is 1.40 bits per heavy atom. The highest BCUT2D eigenvalue weighted by molar-refractivity contribution is 7.99. The lowest BCUT2D eigenvalue weighted by Crippen LogP contribution is -2.24. The van der Waals surface area contributed by atoms with Crippen LogP contribution in [0.1, 0.15) is 26.7 Å². The third-order valence-corrected chi connectivity index (χ3v) is 3.83. The van der Waals surface area contributed by atoms with E-state index in [0.29, 0.717) is 11.9 Å². The molecule has 1 heterocycles. The van der Waals surface area contributed by atoms with Crippen LogP contribution in [0.5, 0.6) is 0 Å². The van der Waals surface area contributed by atoms with Crippen LogP contribution >= 0.6 is 11.8 Å². The summed E-state index contributed by atoms with van der Waals surface area (Å²) >= 11 is 1.85. The van der Waals surface area contributed by atoms with E-state index in [1.807, 2.05) is 25.6 Å². The lowest BCUT2D eigenvalue weighted by Gasteiger charge is -2.22. The van der Waals surface area contributed by atoms with Crippen molar-refractivity contribution in [3.8, 4) is 0 Å². The summed E-state index contributed by atoms with van der Waals surface area (Å²) in [6.07, 6.45) is 2.10. The minimum Gasteiger partial charge on any atom is -0.390 e. The standard InChI is InChI=1S/C11H22O3S/c1-9(2)14-7-10(12)8-15-11-3-5-13-6-4-11/h9-12H,3-8H2,1-2H3. The Kier molecular flexibility index (Phi) is 6.64. The fraction of sp³-hybridized carbons (Fsp3) is 1.00. The van der Waals surface area contributed by atoms with E-state index in [0.717, 1.165) is 31.8 Å². The van der Waals surface area contributed by atoms with Gasteiger partial charge in [-0.15, -0.1) is 0 Å². The van der Waals surface area contributed by atoms with Crippen molar-refractivity contribution in [3.05, 3.63) is 0 Å². The van der Waals surface area contributed by atoms with Gasteiger partial charge in [0.05, 0.1) is 18.8 Å². The third-order valence-electron chi connectivity index (χ3n) is 2.31. The van der Waals surface area contributed by atoms with E-state index in [1.165, 1.54) is 0 Å². The molecule has 3 nitrogen and oxygen atoms in total. The second-order valence-electron chi connectivity index (χ2n) is 4.18. The fourth-order valence-electron chi connectivity index (χ4n) is 1.44. The highest BCUT2D eigenvalue weighted by Crippen LogP contribution is 2.22. The average Bonchev–Trinajstić information content (AvgIpc) is 2.25. The molecule has 0 radical (unpaired) electrons. The van der Waals surface area contributed by atoms with Gasteiger partial charge in [-0.1, -0.05) is 0 Å². The van der Waals surface area contributed by atoms with Crippen molar-refractivity contribution < 1.29 is 14.6 Å². The molecular formula is C11H22O3S. The lowest BCUT2D eigenvalue weighted by molar-refractivity contribution is 0.0151. The average molecular weight is 234 g/mol. The van der Waals surface area contributed by atoms with Crippen molar-refractivity contribution in [1.82, 2.24) is 0 Å². The first-order chi connectivity index (χ1) is 7.18. The van der Waals surface area contributed by atoms with Crippen LogP contribution in [-0.2, 0) is 9.47 Å². The molecule has 1 saturated heterocycles. The first kappa shape index (κ1) is 13.3. The molecule has 0 amide bonds. The number of hydrogen-bond donors (Lipinski definition) is 1. The summed E-state index contributed by atoms with van der Waals surface area (Å²) in [7, 11) is 0. The minimum absolute atomic E-state index is 0.202. The summed E-state index contributed by atoms with van der Waals surface area (Å²) in [5.41, 5.74) is 0. The summed E-state index contributed by atoms with van der Waals surface area (Å²) in [6, 6.07) is 0. The SMILES string of the molecule is CC(C)OCC(O)CSC1CCOCC1. The topological polar surface area (TPSA) is 38.7 Å². The number of rotatable bonds is 6. The van der Waals surface area contributed by atoms with Gasteiger partial charge in [0.25, 0.3) is 0 Å². The van der Waals surface area contributed by atoms with Crippen LogP contribution in [0, 0.1) is 0 Å². The molecular weight excluding hydrogens is 212 g/mol. The van der Waals surface area contributed by atoms with E-state index in [-0.39, 0.29) is 12.2 Å². The summed E-state index contributed by atoms with van der Waals surface area (Å²) in [5, 5.41) is 10.3. The summed E-state index contributed by atoms with van der Waals surface area (Å²) in [6.45, 7) is 6.16. The molecule has 1 unspecified atom stereocenters. The molecule has 90 valence electrons. The van der Waals surface area contributed by atoms with Crippen LogP contribution in [0.4, 0.5) is 0 Å². The van der Waals surface area contributed by atoms with E-state index in [1.54, 1.807) is 0 Å². The normalized spacial score (nSPS) is 20.8. The Bertz CT molecular complexity index is 158. The van der Waals surface area contributed by atoms with Gasteiger partial charge in [0, 0.05) is 24.2 Å². The predicted octanol–water partition coefficient (Wildman–Crippen LogP) is 1.68. The van der Waals surface area contributed by atoms with Gasteiger partial charge in [-0.2, -0.15) is 11.8 Å². The Morgan fingerprint density at radius 3 is 2.67 bits per heavy atom. The van der Waals surface area contributed by atoms with Gasteiger partial charge in [0.2, 0.25) is 0 Å². The van der Waals surface area contributed by atoms with Crippen LogP contribution < -0.4 is 0 Å². The molecule has 1 rings (SSSR count). The first-order valence-electron chi connectivity index (χ1n) is 5.67. The molecule has 0 aliphatic carbocycles. The maximum atomic E-state index is 9.65. The number of ether oxygens (including phenoxy) is 2. The summed E-state index contributed by atoms with van der Waals surface area (Å²) in [4.78, 5) is 0. The summed E-state index contributed by atoms with van der Waals surface area (Å²) in [5.74, 6) is 0.775. The monoisotopic (exact) mass is 234 g/mol. The van der Waals surface area contributed by atoms with E-state index < -0.39 is 0 Å². The Morgan fingerprint density at radius 2 is 2.07 bits per heavy atom. The smallest absolute Gasteiger partial charge is 0.0864 e. The van der Waals surface area contributed by atoms with Crippen LogP contribution in [0.25, 0.3) is 0 Å². The molecule has 0 spiro atoms. The molecule has 1 aliphatic heterocycles. The van der Waals surface area contributed by atoms with Crippen LogP contribution in [0.3, 0.4) is 0 Å². The molecule has 1 fully saturated rings. The zero-order valence-corrected chi connectivity index (χ0v) is 10.5. The number of thioether (sulfide) groups is 1. The van der Waals surface area contributed by atoms with Gasteiger partial charge in [-0.3, -0.25) is 0 Å².